The molecular formula is C29H29BrN4O5S. The topological polar surface area (TPSA) is 102 Å². The SMILES string of the molecule is COc1ccc(N(CC(=O)N/N=C\c2cc(C)n(-c3ccc(Br)cc3)c2C)S(=O)(=O)c2ccccc2)cc1OC. The molecule has 0 fully saturated rings. The third-order valence-corrected chi connectivity index (χ3v) is 8.54. The van der Waals surface area contributed by atoms with Gasteiger partial charge in [-0.25, -0.2) is 13.8 Å². The van der Waals surface area contributed by atoms with Crippen LogP contribution in [0.3, 0.4) is 0 Å². The van der Waals surface area contributed by atoms with E-state index < -0.39 is 22.5 Å². The summed E-state index contributed by atoms with van der Waals surface area (Å²) in [6.07, 6.45) is 1.54. The van der Waals surface area contributed by atoms with Crippen LogP contribution in [0.5, 0.6) is 11.5 Å². The Hall–Kier alpha value is -4.09. The van der Waals surface area contributed by atoms with Crippen LogP contribution in [0, 0.1) is 13.8 Å². The summed E-state index contributed by atoms with van der Waals surface area (Å²) in [5, 5.41) is 4.12. The van der Waals surface area contributed by atoms with Crippen LogP contribution in [0.25, 0.3) is 5.69 Å². The molecule has 3 aromatic carbocycles. The Morgan fingerprint density at radius 1 is 0.975 bits per heavy atom. The van der Waals surface area contributed by atoms with Crippen LogP contribution < -0.4 is 19.2 Å². The second kappa shape index (κ2) is 12.4. The Morgan fingerprint density at radius 3 is 2.30 bits per heavy atom. The Labute approximate surface area is 242 Å². The molecule has 0 radical (unpaired) electrons. The summed E-state index contributed by atoms with van der Waals surface area (Å²) in [7, 11) is -1.16. The van der Waals surface area contributed by atoms with Crippen molar-refractivity contribution in [3.05, 3.63) is 100 Å². The molecule has 1 amide bonds. The van der Waals surface area contributed by atoms with Gasteiger partial charge in [-0.15, -0.1) is 0 Å². The van der Waals surface area contributed by atoms with Crippen LogP contribution in [-0.4, -0.2) is 45.9 Å². The number of amides is 1. The second-order valence-electron chi connectivity index (χ2n) is 8.80. The molecule has 0 unspecified atom stereocenters. The molecule has 0 aliphatic rings. The van der Waals surface area contributed by atoms with E-state index >= 15 is 0 Å². The Balaban J connectivity index is 1.58. The van der Waals surface area contributed by atoms with Crippen LogP contribution in [0.1, 0.15) is 17.0 Å². The third-order valence-electron chi connectivity index (χ3n) is 6.22. The lowest BCUT2D eigenvalue weighted by molar-refractivity contribution is -0.119. The first kappa shape index (κ1) is 28.9. The van der Waals surface area contributed by atoms with Crippen molar-refractivity contribution in [3.63, 3.8) is 0 Å². The number of hydrazone groups is 1. The van der Waals surface area contributed by atoms with Crippen LogP contribution in [0.4, 0.5) is 5.69 Å². The first-order chi connectivity index (χ1) is 19.1. The summed E-state index contributed by atoms with van der Waals surface area (Å²) >= 11 is 3.46. The molecule has 208 valence electrons. The van der Waals surface area contributed by atoms with Gasteiger partial charge >= 0.3 is 0 Å². The molecule has 0 spiro atoms. The molecule has 0 atom stereocenters. The average molecular weight is 626 g/mol. The summed E-state index contributed by atoms with van der Waals surface area (Å²) in [5.74, 6) is 0.137. The van der Waals surface area contributed by atoms with Crippen molar-refractivity contribution < 1.29 is 22.7 Å². The number of anilines is 1. The largest absolute Gasteiger partial charge is 0.493 e. The van der Waals surface area contributed by atoms with E-state index in [1.54, 1.807) is 36.5 Å². The highest BCUT2D eigenvalue weighted by Gasteiger charge is 2.28. The maximum Gasteiger partial charge on any atom is 0.264 e. The lowest BCUT2D eigenvalue weighted by atomic mass is 10.2. The minimum Gasteiger partial charge on any atom is -0.493 e. The van der Waals surface area contributed by atoms with Crippen molar-refractivity contribution in [2.24, 2.45) is 5.10 Å². The number of carbonyl (C=O) groups excluding carboxylic acids is 1. The fourth-order valence-electron chi connectivity index (χ4n) is 4.26. The van der Waals surface area contributed by atoms with Crippen LogP contribution in [0.15, 0.2) is 93.3 Å². The number of halogens is 1. The first-order valence-electron chi connectivity index (χ1n) is 12.2. The highest BCUT2D eigenvalue weighted by molar-refractivity contribution is 9.10. The Bertz CT molecular complexity index is 1640. The lowest BCUT2D eigenvalue weighted by Crippen LogP contribution is -2.39. The summed E-state index contributed by atoms with van der Waals surface area (Å²) in [6, 6.07) is 22.4. The lowest BCUT2D eigenvalue weighted by Gasteiger charge is -2.24. The third kappa shape index (κ3) is 6.21. The molecule has 1 aromatic heterocycles. The number of carbonyl (C=O) groups is 1. The molecule has 4 aromatic rings. The quantitative estimate of drug-likeness (QED) is 0.192. The number of aromatic nitrogens is 1. The van der Waals surface area contributed by atoms with Gasteiger partial charge in [-0.3, -0.25) is 9.10 Å². The number of nitrogens with zero attached hydrogens (tertiary/aromatic N) is 3. The van der Waals surface area contributed by atoms with E-state index in [1.807, 2.05) is 44.2 Å². The van der Waals surface area contributed by atoms with Crippen LogP contribution in [0.2, 0.25) is 0 Å². The summed E-state index contributed by atoms with van der Waals surface area (Å²) in [6.45, 7) is 3.44. The van der Waals surface area contributed by atoms with Gasteiger partial charge in [-0.1, -0.05) is 34.1 Å². The van der Waals surface area contributed by atoms with E-state index in [0.29, 0.717) is 11.5 Å². The predicted octanol–water partition coefficient (Wildman–Crippen LogP) is 5.22. The number of nitrogens with one attached hydrogen (secondary N) is 1. The molecule has 0 saturated heterocycles. The number of rotatable bonds is 10. The van der Waals surface area contributed by atoms with Gasteiger partial charge in [0, 0.05) is 33.2 Å². The molecule has 4 rings (SSSR count). The smallest absolute Gasteiger partial charge is 0.264 e. The van der Waals surface area contributed by atoms with Gasteiger partial charge in [0.1, 0.15) is 6.54 Å². The highest BCUT2D eigenvalue weighted by atomic mass is 79.9. The molecule has 1 N–H and O–H groups in total. The van der Waals surface area contributed by atoms with Crippen molar-refractivity contribution >= 4 is 43.8 Å². The maximum atomic E-state index is 13.6. The Kier molecular flexibility index (Phi) is 8.96. The zero-order valence-electron chi connectivity index (χ0n) is 22.5. The zero-order chi connectivity index (χ0) is 28.9. The molecule has 0 aliphatic heterocycles. The number of hydrogen-bond acceptors (Lipinski definition) is 6. The van der Waals surface area contributed by atoms with Gasteiger partial charge in [-0.2, -0.15) is 5.10 Å². The van der Waals surface area contributed by atoms with E-state index in [9.17, 15) is 13.2 Å². The number of benzene rings is 3. The average Bonchev–Trinajstić information content (AvgIpc) is 3.24. The van der Waals surface area contributed by atoms with E-state index in [1.165, 1.54) is 32.4 Å². The van der Waals surface area contributed by atoms with Gasteiger partial charge < -0.3 is 14.0 Å². The second-order valence-corrected chi connectivity index (χ2v) is 11.6. The molecule has 0 bridgehead atoms. The highest BCUT2D eigenvalue weighted by Crippen LogP contribution is 2.33. The zero-order valence-corrected chi connectivity index (χ0v) is 24.9. The maximum absolute atomic E-state index is 13.6. The fourth-order valence-corrected chi connectivity index (χ4v) is 5.96. The summed E-state index contributed by atoms with van der Waals surface area (Å²) in [4.78, 5) is 13.0. The minimum absolute atomic E-state index is 0.0430. The summed E-state index contributed by atoms with van der Waals surface area (Å²) in [5.41, 5.74) is 6.45. The van der Waals surface area contributed by atoms with Gasteiger partial charge in [0.2, 0.25) is 0 Å². The molecule has 0 saturated carbocycles. The molecule has 0 aliphatic carbocycles. The van der Waals surface area contributed by atoms with Crippen molar-refractivity contribution in [2.45, 2.75) is 18.7 Å². The van der Waals surface area contributed by atoms with Crippen molar-refractivity contribution in [1.82, 2.24) is 9.99 Å². The van der Waals surface area contributed by atoms with Crippen LogP contribution >= 0.6 is 15.9 Å². The van der Waals surface area contributed by atoms with Gasteiger partial charge in [0.05, 0.1) is 31.0 Å². The van der Waals surface area contributed by atoms with Gasteiger partial charge in [-0.05, 0) is 68.4 Å². The molecule has 1 heterocycles. The molecule has 11 heteroatoms. The van der Waals surface area contributed by atoms with Crippen molar-refractivity contribution in [2.75, 3.05) is 25.1 Å². The molecule has 40 heavy (non-hydrogen) atoms. The summed E-state index contributed by atoms with van der Waals surface area (Å²) < 4.78 is 41.9. The van der Waals surface area contributed by atoms with Gasteiger partial charge in [0.25, 0.3) is 15.9 Å². The number of sulfonamides is 1. The van der Waals surface area contributed by atoms with Crippen LogP contribution in [-0.2, 0) is 14.8 Å². The predicted molar refractivity (Wildman–Crippen MR) is 159 cm³/mol. The number of methoxy groups -OCH3 is 2. The number of ether oxygens (including phenoxy) is 2. The number of aryl methyl sites for hydroxylation is 1. The van der Waals surface area contributed by atoms with Crippen molar-refractivity contribution in [3.8, 4) is 17.2 Å². The van der Waals surface area contributed by atoms with E-state index in [4.69, 9.17) is 9.47 Å². The fraction of sp³-hybridized carbons (Fsp3) is 0.172. The number of hydrogen-bond donors (Lipinski definition) is 1. The minimum atomic E-state index is -4.10. The standard InChI is InChI=1S/C29H29BrN4O5S/c1-20-16-22(21(2)34(20)24-12-10-23(30)11-13-24)18-31-32-29(35)19-33(40(36,37)26-8-6-5-7-9-26)25-14-15-27(38-3)28(17-25)39-4/h5-18H,19H2,1-4H3,(H,32,35)/b31-18-. The first-order valence-corrected chi connectivity index (χ1v) is 14.5. The van der Waals surface area contributed by atoms with Gasteiger partial charge in [0.15, 0.2) is 11.5 Å². The van der Waals surface area contributed by atoms with E-state index in [-0.39, 0.29) is 10.6 Å². The van der Waals surface area contributed by atoms with E-state index in [0.717, 1.165) is 31.4 Å². The monoisotopic (exact) mass is 624 g/mol. The van der Waals surface area contributed by atoms with E-state index in [2.05, 4.69) is 31.0 Å². The normalized spacial score (nSPS) is 11.4. The molecule has 9 nitrogen and oxygen atoms in total. The molecular weight excluding hydrogens is 596 g/mol. The Morgan fingerprint density at radius 2 is 1.65 bits per heavy atom. The van der Waals surface area contributed by atoms with Crippen molar-refractivity contribution in [1.29, 1.82) is 0 Å².